The lowest BCUT2D eigenvalue weighted by molar-refractivity contribution is 0.304. The fraction of sp³-hybridized carbons (Fsp3) is 0.300. The van der Waals surface area contributed by atoms with Crippen molar-refractivity contribution in [2.75, 3.05) is 11.9 Å². The van der Waals surface area contributed by atoms with Gasteiger partial charge >= 0.3 is 0 Å². The van der Waals surface area contributed by atoms with E-state index < -0.39 is 0 Å². The van der Waals surface area contributed by atoms with Crippen LogP contribution in [0.25, 0.3) is 11.3 Å². The summed E-state index contributed by atoms with van der Waals surface area (Å²) in [4.78, 5) is 8.78. The first kappa shape index (κ1) is 17.4. The van der Waals surface area contributed by atoms with E-state index >= 15 is 0 Å². The fourth-order valence-corrected chi connectivity index (χ4v) is 3.26. The summed E-state index contributed by atoms with van der Waals surface area (Å²) in [7, 11) is 0. The van der Waals surface area contributed by atoms with Crippen LogP contribution in [0.2, 0.25) is 0 Å². The Morgan fingerprint density at radius 1 is 1.20 bits per heavy atom. The van der Waals surface area contributed by atoms with Gasteiger partial charge in [0.25, 0.3) is 0 Å². The number of nitrogens with zero attached hydrogens (tertiary/aromatic N) is 2. The van der Waals surface area contributed by atoms with Gasteiger partial charge in [-0.2, -0.15) is 0 Å². The molecule has 130 valence electrons. The van der Waals surface area contributed by atoms with E-state index in [1.54, 1.807) is 17.5 Å². The highest BCUT2D eigenvalue weighted by Crippen LogP contribution is 2.29. The lowest BCUT2D eigenvalue weighted by Crippen LogP contribution is -1.99. The first-order valence-electron chi connectivity index (χ1n) is 8.62. The molecule has 2 heterocycles. The van der Waals surface area contributed by atoms with E-state index in [0.717, 1.165) is 46.4 Å². The summed E-state index contributed by atoms with van der Waals surface area (Å²) in [5.41, 5.74) is 4.11. The van der Waals surface area contributed by atoms with Crippen LogP contribution in [0.15, 0.2) is 48.1 Å². The number of hydrogen-bond donors (Lipinski definition) is 1. The average Bonchev–Trinajstić information content (AvgIpc) is 3.09. The number of ether oxygens (including phenoxy) is 1. The number of nitrogens with one attached hydrogen (secondary N) is 1. The molecule has 0 unspecified atom stereocenters. The first-order chi connectivity index (χ1) is 12.3. The average molecular weight is 353 g/mol. The zero-order valence-corrected chi connectivity index (χ0v) is 15.5. The number of hydrogen-bond acceptors (Lipinski definition) is 5. The van der Waals surface area contributed by atoms with Gasteiger partial charge in [0.1, 0.15) is 5.75 Å². The molecule has 0 aliphatic heterocycles. The molecular formula is C20H23N3OS. The molecule has 0 aliphatic rings. The van der Waals surface area contributed by atoms with E-state index in [4.69, 9.17) is 4.74 Å². The largest absolute Gasteiger partial charge is 0.493 e. The maximum Gasteiger partial charge on any atom is 0.187 e. The van der Waals surface area contributed by atoms with Crippen molar-refractivity contribution in [3.05, 3.63) is 53.7 Å². The Morgan fingerprint density at radius 3 is 2.88 bits per heavy atom. The zero-order valence-electron chi connectivity index (χ0n) is 14.7. The lowest BCUT2D eigenvalue weighted by atomic mass is 10.2. The summed E-state index contributed by atoms with van der Waals surface area (Å²) < 4.78 is 5.86. The summed E-state index contributed by atoms with van der Waals surface area (Å²) in [6.45, 7) is 5.05. The van der Waals surface area contributed by atoms with Crippen molar-refractivity contribution in [2.45, 2.75) is 33.1 Å². The van der Waals surface area contributed by atoms with Crippen molar-refractivity contribution >= 4 is 22.2 Å². The fourth-order valence-electron chi connectivity index (χ4n) is 2.52. The minimum atomic E-state index is 0.780. The van der Waals surface area contributed by atoms with Crippen LogP contribution in [0.1, 0.15) is 31.7 Å². The van der Waals surface area contributed by atoms with E-state index in [2.05, 4.69) is 35.2 Å². The van der Waals surface area contributed by atoms with Gasteiger partial charge in [0.2, 0.25) is 0 Å². The predicted molar refractivity (Wildman–Crippen MR) is 105 cm³/mol. The molecule has 0 bridgehead atoms. The van der Waals surface area contributed by atoms with Crippen molar-refractivity contribution in [3.8, 4) is 17.0 Å². The minimum absolute atomic E-state index is 0.780. The van der Waals surface area contributed by atoms with Crippen LogP contribution in [-0.4, -0.2) is 16.6 Å². The van der Waals surface area contributed by atoms with Gasteiger partial charge in [-0.3, -0.25) is 4.98 Å². The molecule has 1 aromatic carbocycles. The summed E-state index contributed by atoms with van der Waals surface area (Å²) >= 11 is 1.59. The molecule has 0 saturated carbocycles. The van der Waals surface area contributed by atoms with E-state index in [0.29, 0.717) is 0 Å². The van der Waals surface area contributed by atoms with E-state index in [9.17, 15) is 0 Å². The molecule has 0 atom stereocenters. The van der Waals surface area contributed by atoms with E-state index in [1.165, 1.54) is 12.8 Å². The third-order valence-electron chi connectivity index (χ3n) is 3.89. The number of aromatic nitrogens is 2. The van der Waals surface area contributed by atoms with Gasteiger partial charge in [0.05, 0.1) is 12.3 Å². The summed E-state index contributed by atoms with van der Waals surface area (Å²) in [6.07, 6.45) is 7.12. The second-order valence-electron chi connectivity index (χ2n) is 5.94. The summed E-state index contributed by atoms with van der Waals surface area (Å²) in [5.74, 6) is 0.955. The number of aryl methyl sites for hydroxylation is 1. The molecule has 0 radical (unpaired) electrons. The van der Waals surface area contributed by atoms with Crippen LogP contribution >= 0.6 is 11.3 Å². The Bertz CT molecular complexity index is 802. The molecule has 0 amide bonds. The van der Waals surface area contributed by atoms with Gasteiger partial charge in [0.15, 0.2) is 5.13 Å². The predicted octanol–water partition coefficient (Wildman–Crippen LogP) is 5.83. The third kappa shape index (κ3) is 4.79. The van der Waals surface area contributed by atoms with E-state index in [-0.39, 0.29) is 0 Å². The first-order valence-corrected chi connectivity index (χ1v) is 9.50. The summed E-state index contributed by atoms with van der Waals surface area (Å²) in [6, 6.07) is 10.1. The molecule has 25 heavy (non-hydrogen) atoms. The Hall–Kier alpha value is -2.40. The number of thiazole rings is 1. The maximum absolute atomic E-state index is 5.86. The number of anilines is 2. The van der Waals surface area contributed by atoms with Gasteiger partial charge in [0, 0.05) is 29.0 Å². The van der Waals surface area contributed by atoms with Crippen molar-refractivity contribution < 1.29 is 4.74 Å². The molecule has 0 spiro atoms. The van der Waals surface area contributed by atoms with E-state index in [1.807, 2.05) is 35.8 Å². The van der Waals surface area contributed by atoms with Crippen molar-refractivity contribution in [1.29, 1.82) is 0 Å². The second kappa shape index (κ2) is 8.62. The maximum atomic E-state index is 5.86. The highest BCUT2D eigenvalue weighted by atomic mass is 32.1. The molecule has 0 fully saturated rings. The Kier molecular flexibility index (Phi) is 6.01. The molecule has 4 nitrogen and oxygen atoms in total. The molecule has 3 aromatic rings. The molecule has 0 aliphatic carbocycles. The monoisotopic (exact) mass is 353 g/mol. The Balaban J connectivity index is 1.63. The van der Waals surface area contributed by atoms with Crippen LogP contribution in [0.4, 0.5) is 10.8 Å². The lowest BCUT2D eigenvalue weighted by Gasteiger charge is -2.11. The topological polar surface area (TPSA) is 47.0 Å². The zero-order chi connectivity index (χ0) is 17.5. The molecule has 1 N–H and O–H groups in total. The van der Waals surface area contributed by atoms with Crippen LogP contribution < -0.4 is 10.1 Å². The Labute approximate surface area is 152 Å². The summed E-state index contributed by atoms with van der Waals surface area (Å²) in [5, 5.41) is 6.28. The van der Waals surface area contributed by atoms with Crippen molar-refractivity contribution in [2.24, 2.45) is 0 Å². The smallest absolute Gasteiger partial charge is 0.187 e. The van der Waals surface area contributed by atoms with Gasteiger partial charge in [-0.15, -0.1) is 11.3 Å². The van der Waals surface area contributed by atoms with Gasteiger partial charge in [-0.25, -0.2) is 4.98 Å². The molecular weight excluding hydrogens is 330 g/mol. The quantitative estimate of drug-likeness (QED) is 0.518. The normalized spacial score (nSPS) is 10.6. The number of pyridine rings is 1. The van der Waals surface area contributed by atoms with Gasteiger partial charge in [-0.05, 0) is 49.2 Å². The molecule has 5 heteroatoms. The SMILES string of the molecule is CCCCCOc1ccc(Nc2nc(-c3cccnc3)cs2)cc1C. The molecule has 0 saturated heterocycles. The van der Waals surface area contributed by atoms with Gasteiger partial charge in [-0.1, -0.05) is 19.8 Å². The van der Waals surface area contributed by atoms with Crippen LogP contribution in [-0.2, 0) is 0 Å². The second-order valence-corrected chi connectivity index (χ2v) is 6.80. The molecule has 2 aromatic heterocycles. The highest BCUT2D eigenvalue weighted by molar-refractivity contribution is 7.14. The van der Waals surface area contributed by atoms with Crippen molar-refractivity contribution in [3.63, 3.8) is 0 Å². The Morgan fingerprint density at radius 2 is 2.12 bits per heavy atom. The number of unbranched alkanes of at least 4 members (excludes halogenated alkanes) is 2. The highest BCUT2D eigenvalue weighted by Gasteiger charge is 2.06. The number of benzene rings is 1. The minimum Gasteiger partial charge on any atom is -0.493 e. The van der Waals surface area contributed by atoms with Crippen LogP contribution in [0, 0.1) is 6.92 Å². The van der Waals surface area contributed by atoms with Crippen LogP contribution in [0.5, 0.6) is 5.75 Å². The number of rotatable bonds is 8. The van der Waals surface area contributed by atoms with Gasteiger partial charge < -0.3 is 10.1 Å². The molecule has 3 rings (SSSR count). The standard InChI is InChI=1S/C20H23N3OS/c1-3-4-5-11-24-19-9-8-17(12-15(19)2)22-20-23-18(14-25-20)16-7-6-10-21-13-16/h6-10,12-14H,3-5,11H2,1-2H3,(H,22,23). The van der Waals surface area contributed by atoms with Crippen molar-refractivity contribution in [1.82, 2.24) is 9.97 Å². The van der Waals surface area contributed by atoms with Crippen LogP contribution in [0.3, 0.4) is 0 Å². The third-order valence-corrected chi connectivity index (χ3v) is 4.65.